The molecule has 0 aliphatic carbocycles. The molecule has 1 aromatic heterocycles. The highest BCUT2D eigenvalue weighted by Crippen LogP contribution is 2.37. The summed E-state index contributed by atoms with van der Waals surface area (Å²) >= 11 is 0. The van der Waals surface area contributed by atoms with Gasteiger partial charge in [0.15, 0.2) is 28.9 Å². The summed E-state index contributed by atoms with van der Waals surface area (Å²) in [5, 5.41) is 32.0. The molecule has 0 spiro atoms. The Hall–Kier alpha value is -14.4. The van der Waals surface area contributed by atoms with E-state index in [0.717, 1.165) is 38.9 Å². The maximum atomic E-state index is 13.6. The number of halogens is 3. The summed E-state index contributed by atoms with van der Waals surface area (Å²) in [6, 6.07) is 62.2. The van der Waals surface area contributed by atoms with Crippen molar-refractivity contribution in [1.82, 2.24) is 47.5 Å². The zero-order valence-electron chi connectivity index (χ0n) is 82.7. The summed E-state index contributed by atoms with van der Waals surface area (Å²) in [5.74, 6) is -5.24. The molecule has 5 aliphatic rings. The number of carbonyl (C=O) groups excluding carboxylic acids is 13. The maximum absolute atomic E-state index is 13.6. The standard InChI is InChI=1S/C28H33N3O6.C28H29N3O6.C27H30F3NO6.C26H33N3O5/c2*1-28(17-37-28)25(33)22(15-18-7-4-3-5-8-18)30-27(35)23(16-19-11-13-20(36-2)14-12-19)31-26(34)21-9-6-10-24(32)29-21;1-25(16-37-25)23(33)21(14-17-7-5-4-6-8-17)31-24(34)19(13-18-9-11-20(36-3)12-10-18)15-22(32)26(2,35)27(28,29)30;1-25(2,27)24(32)29-21(15-18-10-12-19(33-4)13-11-18)23(31)28-20(22(30)26(3)16-34-26)14-17-8-6-5-7-9-17/h3-5,7-8,11-14,21-23H,6,9-10,15-17H2,1-2H3,(H,29,32)(H,30,35)(H,31,34);3-14,22-23H,15-17H2,1-2H3,(H,29,32)(H,30,35)(H,31,34);4-12,19,21,35H,13-16H2,1-3H3,(H,31,34);5-13,20-21H,14-16,27H2,1-4H3,(H,28,31)(H,29,32). The molecule has 6 heterocycles. The molecule has 12 N–H and O–H groups in total. The van der Waals surface area contributed by atoms with Crippen molar-refractivity contribution in [3.8, 4) is 23.0 Å². The highest BCUT2D eigenvalue weighted by Gasteiger charge is 2.57. The van der Waals surface area contributed by atoms with Gasteiger partial charge in [-0.3, -0.25) is 67.1 Å². The van der Waals surface area contributed by atoms with Crippen molar-refractivity contribution >= 4 is 76.2 Å². The normalized spacial score (nSPS) is 19.8. The molecular weight excluding hydrogens is 1870 g/mol. The first-order valence-corrected chi connectivity index (χ1v) is 47.5. The number of rotatable bonds is 45. The first-order chi connectivity index (χ1) is 68.8. The number of amides is 8. The highest BCUT2D eigenvalue weighted by atomic mass is 19.4. The Morgan fingerprint density at radius 3 is 0.972 bits per heavy atom. The van der Waals surface area contributed by atoms with Crippen molar-refractivity contribution < 1.29 is 119 Å². The third kappa shape index (κ3) is 32.5. The molecule has 14 unspecified atom stereocenters. The molecule has 5 aliphatic heterocycles. The number of nitrogens with two attached hydrogens (primary N) is 1. The summed E-state index contributed by atoms with van der Waals surface area (Å²) < 4.78 is 81.9. The minimum absolute atomic E-state index is 0.0239. The first kappa shape index (κ1) is 111. The molecule has 5 fully saturated rings. The van der Waals surface area contributed by atoms with Crippen molar-refractivity contribution in [2.75, 3.05) is 54.9 Å². The minimum Gasteiger partial charge on any atom is -0.497 e. The van der Waals surface area contributed by atoms with Gasteiger partial charge in [-0.2, -0.15) is 13.2 Å². The topological polar surface area (TPSA) is 484 Å². The summed E-state index contributed by atoms with van der Waals surface area (Å²) in [7, 11) is 6.16. The Morgan fingerprint density at radius 1 is 0.393 bits per heavy atom. The number of nitrogens with one attached hydrogen (secondary N) is 9. The lowest BCUT2D eigenvalue weighted by molar-refractivity contribution is -0.244. The summed E-state index contributed by atoms with van der Waals surface area (Å²) in [6.45, 7) is 11.3. The number of ketones is 5. The lowest BCUT2D eigenvalue weighted by Crippen LogP contribution is -2.59. The van der Waals surface area contributed by atoms with Crippen LogP contribution in [0.5, 0.6) is 23.0 Å². The molecule has 5 saturated heterocycles. The van der Waals surface area contributed by atoms with Crippen molar-refractivity contribution in [3.63, 3.8) is 0 Å². The number of hydrogen-bond acceptors (Lipinski definition) is 24. The maximum Gasteiger partial charge on any atom is 0.424 e. The number of methoxy groups -OCH3 is 4. The minimum atomic E-state index is -5.21. The monoisotopic (exact) mass is 2000 g/mol. The second-order valence-electron chi connectivity index (χ2n) is 37.9. The number of ether oxygens (including phenoxy) is 8. The highest BCUT2D eigenvalue weighted by molar-refractivity contribution is 6.03. The van der Waals surface area contributed by atoms with E-state index in [4.69, 9.17) is 43.6 Å². The predicted molar refractivity (Wildman–Crippen MR) is 529 cm³/mol. The van der Waals surface area contributed by atoms with Crippen LogP contribution in [0.3, 0.4) is 0 Å². The van der Waals surface area contributed by atoms with E-state index in [1.165, 1.54) is 25.3 Å². The molecule has 36 heteroatoms. The molecule has 0 bridgehead atoms. The smallest absolute Gasteiger partial charge is 0.424 e. The van der Waals surface area contributed by atoms with E-state index in [-0.39, 0.29) is 79.9 Å². The predicted octanol–water partition coefficient (Wildman–Crippen LogP) is 8.04. The third-order valence-electron chi connectivity index (χ3n) is 25.4. The van der Waals surface area contributed by atoms with Crippen LogP contribution in [-0.4, -0.2) is 229 Å². The number of alkyl halides is 3. The van der Waals surface area contributed by atoms with Gasteiger partial charge in [0.05, 0.1) is 84.6 Å². The van der Waals surface area contributed by atoms with Crippen LogP contribution in [0, 0.1) is 5.92 Å². The van der Waals surface area contributed by atoms with Crippen LogP contribution >= 0.6 is 0 Å². The molecule has 8 aromatic carbocycles. The van der Waals surface area contributed by atoms with E-state index >= 15 is 0 Å². The second-order valence-corrected chi connectivity index (χ2v) is 37.9. The molecule has 145 heavy (non-hydrogen) atoms. The van der Waals surface area contributed by atoms with Gasteiger partial charge in [0.25, 0.3) is 5.91 Å². The number of carbonyl (C=O) groups is 13. The van der Waals surface area contributed by atoms with Crippen LogP contribution in [0.1, 0.15) is 129 Å². The summed E-state index contributed by atoms with van der Waals surface area (Å²) in [6.07, 6.45) is -3.13. The molecule has 14 atom stereocenters. The lowest BCUT2D eigenvalue weighted by Gasteiger charge is -2.28. The summed E-state index contributed by atoms with van der Waals surface area (Å²) in [5.41, 5.74) is 3.30. The number of Topliss-reactive ketones (excluding diaryl/α,β-unsaturated/α-hetero) is 5. The molecular formula is C109H125F3N10O23. The number of aromatic amines is 1. The van der Waals surface area contributed by atoms with Crippen LogP contribution in [0.15, 0.2) is 241 Å². The quantitative estimate of drug-likeness (QED) is 0.0161. The molecule has 0 saturated carbocycles. The van der Waals surface area contributed by atoms with Gasteiger partial charge in [0.1, 0.15) is 75.3 Å². The van der Waals surface area contributed by atoms with Crippen molar-refractivity contribution in [1.29, 1.82) is 0 Å². The number of piperidine rings is 1. The average molecular weight is 2000 g/mol. The van der Waals surface area contributed by atoms with Crippen molar-refractivity contribution in [2.45, 2.75) is 214 Å². The second kappa shape index (κ2) is 49.7. The van der Waals surface area contributed by atoms with Gasteiger partial charge in [-0.1, -0.05) is 176 Å². The number of epoxide rings is 4. The van der Waals surface area contributed by atoms with Crippen LogP contribution in [0.25, 0.3) is 0 Å². The van der Waals surface area contributed by atoms with Crippen molar-refractivity contribution in [3.05, 3.63) is 297 Å². The Balaban J connectivity index is 0.000000184. The number of aromatic nitrogens is 1. The van der Waals surface area contributed by atoms with Crippen LogP contribution in [-0.2, 0) is 128 Å². The van der Waals surface area contributed by atoms with Gasteiger partial charge in [0.2, 0.25) is 52.5 Å². The zero-order valence-corrected chi connectivity index (χ0v) is 82.7. The Morgan fingerprint density at radius 2 is 0.683 bits per heavy atom. The molecule has 33 nitrogen and oxygen atoms in total. The number of pyridine rings is 1. The third-order valence-corrected chi connectivity index (χ3v) is 25.4. The molecule has 8 amide bonds. The summed E-state index contributed by atoms with van der Waals surface area (Å²) in [4.78, 5) is 184. The average Bonchev–Trinajstić information content (AvgIpc) is 1.63. The van der Waals surface area contributed by atoms with E-state index in [9.17, 15) is 85.4 Å². The number of aliphatic hydroxyl groups is 1. The Kier molecular flexibility index (Phi) is 38.0. The van der Waals surface area contributed by atoms with Gasteiger partial charge in [0, 0.05) is 44.1 Å². The van der Waals surface area contributed by atoms with Gasteiger partial charge in [-0.25, -0.2) is 0 Å². The largest absolute Gasteiger partial charge is 0.497 e. The fourth-order valence-electron chi connectivity index (χ4n) is 15.8. The van der Waals surface area contributed by atoms with E-state index in [0.29, 0.717) is 87.4 Å². The fourth-order valence-corrected chi connectivity index (χ4v) is 15.8. The molecule has 14 rings (SSSR count). The van der Waals surface area contributed by atoms with Crippen LogP contribution < -0.4 is 72.8 Å². The Labute approximate surface area is 838 Å². The number of H-pyrrole nitrogens is 1. The van der Waals surface area contributed by atoms with Crippen LogP contribution in [0.4, 0.5) is 13.2 Å². The SMILES string of the molecule is COc1ccc(CC(CC(=O)C(C)(O)C(F)(F)F)C(=O)NC(Cc2ccccc2)C(=O)C2(C)CO2)cc1.COc1ccc(CC(NC(=O)C(C)(C)N)C(=O)NC(Cc2ccccc2)C(=O)C2(C)CO2)cc1.COc1ccc(CC(NC(=O)C2CCCC(=O)N2)C(=O)NC(Cc2ccccc2)C(=O)C2(C)CO2)cc1.COc1ccc(CC(NC(=O)c2cccc(=O)[nH]2)C(=O)NC(Cc2ccccc2)C(=O)C2(C)CO2)cc1. The molecule has 9 aromatic rings. The fraction of sp³-hybridized carbons (Fsp3) is 0.394. The van der Waals surface area contributed by atoms with Gasteiger partial charge < -0.3 is 96.3 Å². The van der Waals surface area contributed by atoms with Gasteiger partial charge in [-0.05, 0) is 193 Å². The van der Waals surface area contributed by atoms with Gasteiger partial charge >= 0.3 is 6.18 Å². The van der Waals surface area contributed by atoms with Crippen molar-refractivity contribution in [2.24, 2.45) is 11.7 Å². The molecule has 0 radical (unpaired) electrons. The van der Waals surface area contributed by atoms with E-state index < -0.39 is 153 Å². The molecule has 770 valence electrons. The zero-order chi connectivity index (χ0) is 105. The number of hydrogen-bond donors (Lipinski definition) is 11. The van der Waals surface area contributed by atoms with E-state index in [1.807, 2.05) is 115 Å². The van der Waals surface area contributed by atoms with E-state index in [1.54, 1.807) is 166 Å². The first-order valence-electron chi connectivity index (χ1n) is 47.5. The van der Waals surface area contributed by atoms with Gasteiger partial charge in [-0.15, -0.1) is 0 Å². The Bertz CT molecular complexity index is 6040. The van der Waals surface area contributed by atoms with E-state index in [2.05, 4.69) is 47.5 Å². The lowest BCUT2D eigenvalue weighted by atomic mass is 9.86. The van der Waals surface area contributed by atoms with Crippen LogP contribution in [0.2, 0.25) is 0 Å². The number of benzene rings is 8.